The van der Waals surface area contributed by atoms with Gasteiger partial charge in [0, 0.05) is 12.8 Å². The summed E-state index contributed by atoms with van der Waals surface area (Å²) in [5.41, 5.74) is 0. The van der Waals surface area contributed by atoms with Gasteiger partial charge in [0.05, 0.1) is 0 Å². The van der Waals surface area contributed by atoms with E-state index < -0.39 is 31.1 Å². The van der Waals surface area contributed by atoms with Crippen molar-refractivity contribution in [1.82, 2.24) is 0 Å². The molecule has 0 nitrogen and oxygen atoms in total. The van der Waals surface area contributed by atoms with Crippen LogP contribution in [0, 0.1) is 6.92 Å². The summed E-state index contributed by atoms with van der Waals surface area (Å²) < 4.78 is 48.9. The van der Waals surface area contributed by atoms with E-state index in [1.54, 1.807) is 0 Å². The van der Waals surface area contributed by atoms with E-state index in [0.717, 1.165) is 6.92 Å². The van der Waals surface area contributed by atoms with Crippen LogP contribution in [0.5, 0.6) is 0 Å². The monoisotopic (exact) mass is 171 g/mol. The van der Waals surface area contributed by atoms with Gasteiger partial charge in [-0.15, -0.1) is 0 Å². The lowest BCUT2D eigenvalue weighted by atomic mass is 10.1. The molecule has 0 aliphatic carbocycles. The number of hydrogen-bond donors (Lipinski definition) is 0. The minimum atomic E-state index is -3.18. The first-order valence-electron chi connectivity index (χ1n) is 3.34. The quantitative estimate of drug-likeness (QED) is 0.570. The summed E-state index contributed by atoms with van der Waals surface area (Å²) in [6.07, 6.45) is -5.70. The van der Waals surface area contributed by atoms with Crippen LogP contribution in [0.1, 0.15) is 19.8 Å². The average molecular weight is 171 g/mol. The zero-order valence-electron chi connectivity index (χ0n) is 6.29. The molecule has 11 heavy (non-hydrogen) atoms. The fraction of sp³-hybridized carbons (Fsp3) is 0.857. The van der Waals surface area contributed by atoms with E-state index in [9.17, 15) is 17.6 Å². The first-order chi connectivity index (χ1) is 4.89. The minimum absolute atomic E-state index is 0.694. The van der Waals surface area contributed by atoms with Crippen molar-refractivity contribution in [2.24, 2.45) is 0 Å². The molecule has 0 aliphatic heterocycles. The maximum atomic E-state index is 12.3. The Kier molecular flexibility index (Phi) is 3.83. The molecule has 0 fully saturated rings. The highest BCUT2D eigenvalue weighted by Gasteiger charge is 2.33. The van der Waals surface area contributed by atoms with Crippen LogP contribution in [0.2, 0.25) is 0 Å². The summed E-state index contributed by atoms with van der Waals surface area (Å²) in [4.78, 5) is 0. The van der Waals surface area contributed by atoms with Gasteiger partial charge in [-0.25, -0.2) is 17.6 Å². The summed E-state index contributed by atoms with van der Waals surface area (Å²) in [6, 6.07) is 0. The molecular formula is C7H11F4. The van der Waals surface area contributed by atoms with Crippen LogP contribution >= 0.6 is 0 Å². The van der Waals surface area contributed by atoms with Gasteiger partial charge >= 0.3 is 0 Å². The van der Waals surface area contributed by atoms with Crippen LogP contribution in [0.4, 0.5) is 17.6 Å². The summed E-state index contributed by atoms with van der Waals surface area (Å²) in [7, 11) is 0. The smallest absolute Gasteiger partial charge is 0.245 e. The van der Waals surface area contributed by atoms with Crippen LogP contribution < -0.4 is 0 Å². The van der Waals surface area contributed by atoms with Crippen molar-refractivity contribution in [2.45, 2.75) is 38.0 Å². The second kappa shape index (κ2) is 3.93. The Morgan fingerprint density at radius 1 is 1.36 bits per heavy atom. The number of alkyl halides is 4. The van der Waals surface area contributed by atoms with Crippen molar-refractivity contribution < 1.29 is 17.6 Å². The molecule has 0 aromatic heterocycles. The highest BCUT2D eigenvalue weighted by atomic mass is 19.3. The predicted molar refractivity (Wildman–Crippen MR) is 35.0 cm³/mol. The molecule has 0 heterocycles. The number of hydrogen-bond acceptors (Lipinski definition) is 0. The molecule has 0 saturated heterocycles. The molecule has 1 radical (unpaired) electrons. The third kappa shape index (κ3) is 4.22. The van der Waals surface area contributed by atoms with E-state index >= 15 is 0 Å². The summed E-state index contributed by atoms with van der Waals surface area (Å²) >= 11 is 0. The van der Waals surface area contributed by atoms with Gasteiger partial charge in [-0.1, -0.05) is 0 Å². The van der Waals surface area contributed by atoms with Crippen molar-refractivity contribution in [2.75, 3.05) is 0 Å². The normalized spacial score (nSPS) is 18.0. The molecule has 4 heteroatoms. The zero-order chi connectivity index (χ0) is 9.07. The Hall–Kier alpha value is -0.280. The molecule has 0 N–H and O–H groups in total. The highest BCUT2D eigenvalue weighted by molar-refractivity contribution is 4.75. The van der Waals surface area contributed by atoms with Gasteiger partial charge < -0.3 is 0 Å². The van der Waals surface area contributed by atoms with Gasteiger partial charge in [0.15, 0.2) is 0 Å². The van der Waals surface area contributed by atoms with Gasteiger partial charge in [0.25, 0.3) is 5.92 Å². The van der Waals surface area contributed by atoms with E-state index in [2.05, 4.69) is 6.92 Å². The standard InChI is InChI=1S/C7H11F4/c1-3-7(10,11)4-6(9)5(2)8/h5-6H,1,3-4H2,2H3/t5?,6-/m0/s1. The molecule has 0 saturated carbocycles. The van der Waals surface area contributed by atoms with Crippen molar-refractivity contribution >= 4 is 0 Å². The Bertz CT molecular complexity index is 111. The Morgan fingerprint density at radius 2 is 1.82 bits per heavy atom. The second-order valence-electron chi connectivity index (χ2n) is 2.50. The maximum absolute atomic E-state index is 12.3. The third-order valence-electron chi connectivity index (χ3n) is 1.36. The largest absolute Gasteiger partial charge is 0.251 e. The molecule has 0 aromatic rings. The molecule has 0 bridgehead atoms. The number of halogens is 4. The van der Waals surface area contributed by atoms with Crippen molar-refractivity contribution in [3.05, 3.63) is 6.92 Å². The SMILES string of the molecule is [CH2]CC(F)(F)C[C@H](F)C(C)F. The lowest BCUT2D eigenvalue weighted by Gasteiger charge is -2.17. The van der Waals surface area contributed by atoms with Gasteiger partial charge in [-0.3, -0.25) is 0 Å². The molecule has 1 unspecified atom stereocenters. The zero-order valence-corrected chi connectivity index (χ0v) is 6.29. The minimum Gasteiger partial charge on any atom is -0.245 e. The third-order valence-corrected chi connectivity index (χ3v) is 1.36. The molecule has 0 aromatic carbocycles. The van der Waals surface area contributed by atoms with Gasteiger partial charge in [-0.2, -0.15) is 0 Å². The Labute approximate surface area is 63.6 Å². The second-order valence-corrected chi connectivity index (χ2v) is 2.50. The summed E-state index contributed by atoms with van der Waals surface area (Å²) in [6.45, 7) is 3.85. The first-order valence-corrected chi connectivity index (χ1v) is 3.34. The first kappa shape index (κ1) is 10.7. The number of rotatable bonds is 4. The van der Waals surface area contributed by atoms with Crippen molar-refractivity contribution in [3.63, 3.8) is 0 Å². The van der Waals surface area contributed by atoms with Crippen LogP contribution in [0.15, 0.2) is 0 Å². The van der Waals surface area contributed by atoms with E-state index in [0.29, 0.717) is 0 Å². The van der Waals surface area contributed by atoms with Crippen LogP contribution in [-0.4, -0.2) is 18.3 Å². The maximum Gasteiger partial charge on any atom is 0.251 e. The molecule has 0 amide bonds. The average Bonchev–Trinajstić information content (AvgIpc) is 1.87. The highest BCUT2D eigenvalue weighted by Crippen LogP contribution is 2.26. The fourth-order valence-corrected chi connectivity index (χ4v) is 0.550. The van der Waals surface area contributed by atoms with Crippen molar-refractivity contribution in [3.8, 4) is 0 Å². The lowest BCUT2D eigenvalue weighted by molar-refractivity contribution is -0.0370. The predicted octanol–water partition coefficient (Wildman–Crippen LogP) is 2.93. The fourth-order valence-electron chi connectivity index (χ4n) is 0.550. The van der Waals surface area contributed by atoms with Crippen LogP contribution in [0.3, 0.4) is 0 Å². The Morgan fingerprint density at radius 3 is 2.09 bits per heavy atom. The van der Waals surface area contributed by atoms with Crippen molar-refractivity contribution in [1.29, 1.82) is 0 Å². The molecule has 67 valence electrons. The summed E-state index contributed by atoms with van der Waals surface area (Å²) in [5, 5.41) is 0. The molecule has 2 atom stereocenters. The van der Waals surface area contributed by atoms with Gasteiger partial charge in [-0.05, 0) is 13.8 Å². The van der Waals surface area contributed by atoms with Gasteiger partial charge in [0.2, 0.25) is 0 Å². The topological polar surface area (TPSA) is 0 Å². The van der Waals surface area contributed by atoms with Crippen LogP contribution in [-0.2, 0) is 0 Å². The summed E-state index contributed by atoms with van der Waals surface area (Å²) in [5.74, 6) is -3.18. The van der Waals surface area contributed by atoms with E-state index in [4.69, 9.17) is 0 Å². The van der Waals surface area contributed by atoms with E-state index in [-0.39, 0.29) is 0 Å². The molecule has 0 aliphatic rings. The van der Waals surface area contributed by atoms with E-state index in [1.807, 2.05) is 0 Å². The molecule has 0 spiro atoms. The van der Waals surface area contributed by atoms with Crippen LogP contribution in [0.25, 0.3) is 0 Å². The van der Waals surface area contributed by atoms with E-state index in [1.165, 1.54) is 0 Å². The molecular weight excluding hydrogens is 160 g/mol. The molecule has 0 rings (SSSR count). The lowest BCUT2D eigenvalue weighted by Crippen LogP contribution is -2.25. The van der Waals surface area contributed by atoms with Gasteiger partial charge in [0.1, 0.15) is 12.3 Å². The Balaban J connectivity index is 3.83.